The van der Waals surface area contributed by atoms with Gasteiger partial charge in [-0.1, -0.05) is 6.92 Å². The average Bonchev–Trinajstić information content (AvgIpc) is 2.66. The number of carbonyl (C=O) groups excluding carboxylic acids is 1. The van der Waals surface area contributed by atoms with Gasteiger partial charge in [-0.25, -0.2) is 0 Å². The van der Waals surface area contributed by atoms with Gasteiger partial charge < -0.3 is 11.1 Å². The predicted molar refractivity (Wildman–Crippen MR) is 71.3 cm³/mol. The first-order valence-electron chi connectivity index (χ1n) is 6.23. The number of anilines is 2. The van der Waals surface area contributed by atoms with Gasteiger partial charge in [0.05, 0.1) is 0 Å². The second kappa shape index (κ2) is 4.78. The molecule has 1 aliphatic carbocycles. The fourth-order valence-corrected chi connectivity index (χ4v) is 2.52. The van der Waals surface area contributed by atoms with Crippen molar-refractivity contribution in [3.63, 3.8) is 0 Å². The Labute approximate surface area is 102 Å². The third kappa shape index (κ3) is 2.78. The molecule has 3 nitrogen and oxygen atoms in total. The van der Waals surface area contributed by atoms with Crippen LogP contribution in [0.15, 0.2) is 18.2 Å². The van der Waals surface area contributed by atoms with Crippen LogP contribution in [-0.2, 0) is 0 Å². The van der Waals surface area contributed by atoms with E-state index in [1.54, 1.807) is 13.0 Å². The third-order valence-electron chi connectivity index (χ3n) is 3.50. The summed E-state index contributed by atoms with van der Waals surface area (Å²) in [5.41, 5.74) is 7.95. The molecule has 1 aromatic carbocycles. The lowest BCUT2D eigenvalue weighted by molar-refractivity contribution is 0.101. The molecule has 2 rings (SSSR count). The minimum Gasteiger partial charge on any atom is -0.398 e. The molecule has 92 valence electrons. The van der Waals surface area contributed by atoms with Crippen LogP contribution in [0.4, 0.5) is 11.4 Å². The van der Waals surface area contributed by atoms with Crippen LogP contribution in [0.1, 0.15) is 43.5 Å². The maximum absolute atomic E-state index is 11.4. The number of ketones is 1. The standard InChI is InChI=1S/C14H20N2O/c1-9-3-4-11(7-9)16-12-5-6-14(15)13(8-12)10(2)17/h5-6,8-9,11,16H,3-4,7,15H2,1-2H3. The van der Waals surface area contributed by atoms with Gasteiger partial charge in [0.15, 0.2) is 5.78 Å². The molecule has 3 N–H and O–H groups in total. The summed E-state index contributed by atoms with van der Waals surface area (Å²) in [6, 6.07) is 6.15. The highest BCUT2D eigenvalue weighted by Gasteiger charge is 2.21. The first kappa shape index (κ1) is 12.0. The summed E-state index contributed by atoms with van der Waals surface area (Å²) in [7, 11) is 0. The number of benzene rings is 1. The Bertz CT molecular complexity index is 428. The number of hydrogen-bond donors (Lipinski definition) is 2. The summed E-state index contributed by atoms with van der Waals surface area (Å²) in [6.45, 7) is 3.83. The number of Topliss-reactive ketones (excluding diaryl/α,β-unsaturated/α-hetero) is 1. The quantitative estimate of drug-likeness (QED) is 0.622. The number of nitrogens with two attached hydrogens (primary N) is 1. The van der Waals surface area contributed by atoms with Crippen molar-refractivity contribution in [3.8, 4) is 0 Å². The summed E-state index contributed by atoms with van der Waals surface area (Å²) in [4.78, 5) is 11.4. The van der Waals surface area contributed by atoms with Crippen LogP contribution in [0.2, 0.25) is 0 Å². The van der Waals surface area contributed by atoms with Crippen molar-refractivity contribution in [2.45, 2.75) is 39.2 Å². The SMILES string of the molecule is CC(=O)c1cc(NC2CCC(C)C2)ccc1N. The van der Waals surface area contributed by atoms with E-state index in [9.17, 15) is 4.79 Å². The van der Waals surface area contributed by atoms with Crippen molar-refractivity contribution < 1.29 is 4.79 Å². The highest BCUT2D eigenvalue weighted by molar-refractivity contribution is 6.00. The maximum Gasteiger partial charge on any atom is 0.161 e. The zero-order chi connectivity index (χ0) is 12.4. The van der Waals surface area contributed by atoms with Crippen LogP contribution in [0.3, 0.4) is 0 Å². The van der Waals surface area contributed by atoms with Gasteiger partial charge in [-0.3, -0.25) is 4.79 Å². The van der Waals surface area contributed by atoms with E-state index in [1.807, 2.05) is 12.1 Å². The Hall–Kier alpha value is -1.51. The molecule has 2 unspecified atom stereocenters. The van der Waals surface area contributed by atoms with Gasteiger partial charge in [-0.2, -0.15) is 0 Å². The zero-order valence-electron chi connectivity index (χ0n) is 10.5. The van der Waals surface area contributed by atoms with Gasteiger partial charge >= 0.3 is 0 Å². The summed E-state index contributed by atoms with van der Waals surface area (Å²) >= 11 is 0. The van der Waals surface area contributed by atoms with Crippen LogP contribution in [0.5, 0.6) is 0 Å². The van der Waals surface area contributed by atoms with E-state index in [1.165, 1.54) is 19.3 Å². The molecule has 0 radical (unpaired) electrons. The van der Waals surface area contributed by atoms with Crippen molar-refractivity contribution in [1.82, 2.24) is 0 Å². The molecule has 17 heavy (non-hydrogen) atoms. The molecule has 0 aliphatic heterocycles. The molecular formula is C14H20N2O. The van der Waals surface area contributed by atoms with E-state index >= 15 is 0 Å². The maximum atomic E-state index is 11.4. The van der Waals surface area contributed by atoms with E-state index < -0.39 is 0 Å². The van der Waals surface area contributed by atoms with Crippen molar-refractivity contribution >= 4 is 17.2 Å². The van der Waals surface area contributed by atoms with Crippen molar-refractivity contribution in [3.05, 3.63) is 23.8 Å². The number of nitrogen functional groups attached to an aromatic ring is 1. The fraction of sp³-hybridized carbons (Fsp3) is 0.500. The van der Waals surface area contributed by atoms with E-state index in [-0.39, 0.29) is 5.78 Å². The summed E-state index contributed by atoms with van der Waals surface area (Å²) in [6.07, 6.45) is 3.70. The molecule has 0 bridgehead atoms. The molecule has 1 aliphatic rings. The minimum absolute atomic E-state index is 0.0194. The van der Waals surface area contributed by atoms with Crippen LogP contribution >= 0.6 is 0 Å². The number of carbonyl (C=O) groups is 1. The molecule has 1 aromatic rings. The highest BCUT2D eigenvalue weighted by Crippen LogP contribution is 2.28. The molecule has 0 saturated heterocycles. The van der Waals surface area contributed by atoms with Gasteiger partial charge in [-0.05, 0) is 50.3 Å². The van der Waals surface area contributed by atoms with Crippen LogP contribution in [0, 0.1) is 5.92 Å². The molecule has 2 atom stereocenters. The van der Waals surface area contributed by atoms with Gasteiger partial charge in [0.2, 0.25) is 0 Å². The monoisotopic (exact) mass is 232 g/mol. The first-order valence-corrected chi connectivity index (χ1v) is 6.23. The number of nitrogens with one attached hydrogen (secondary N) is 1. The van der Waals surface area contributed by atoms with Crippen molar-refractivity contribution in [2.24, 2.45) is 5.92 Å². The normalized spacial score (nSPS) is 23.6. The van der Waals surface area contributed by atoms with Gasteiger partial charge in [-0.15, -0.1) is 0 Å². The Balaban J connectivity index is 2.11. The lowest BCUT2D eigenvalue weighted by atomic mass is 10.1. The van der Waals surface area contributed by atoms with E-state index in [4.69, 9.17) is 5.73 Å². The second-order valence-electron chi connectivity index (χ2n) is 5.12. The first-order chi connectivity index (χ1) is 8.06. The predicted octanol–water partition coefficient (Wildman–Crippen LogP) is 3.07. The van der Waals surface area contributed by atoms with Crippen molar-refractivity contribution in [1.29, 1.82) is 0 Å². The molecular weight excluding hydrogens is 212 g/mol. The third-order valence-corrected chi connectivity index (χ3v) is 3.50. The smallest absolute Gasteiger partial charge is 0.161 e. The molecule has 0 heterocycles. The Morgan fingerprint density at radius 1 is 1.41 bits per heavy atom. The molecule has 1 fully saturated rings. The lowest BCUT2D eigenvalue weighted by Crippen LogP contribution is -2.15. The van der Waals surface area contributed by atoms with E-state index in [0.29, 0.717) is 17.3 Å². The summed E-state index contributed by atoms with van der Waals surface area (Å²) < 4.78 is 0. The highest BCUT2D eigenvalue weighted by atomic mass is 16.1. The average molecular weight is 232 g/mol. The molecule has 0 amide bonds. The molecule has 0 aromatic heterocycles. The van der Waals surface area contributed by atoms with Gasteiger partial charge in [0.1, 0.15) is 0 Å². The summed E-state index contributed by atoms with van der Waals surface area (Å²) in [5.74, 6) is 0.819. The minimum atomic E-state index is 0.0194. The van der Waals surface area contributed by atoms with Gasteiger partial charge in [0.25, 0.3) is 0 Å². The van der Waals surface area contributed by atoms with Crippen molar-refractivity contribution in [2.75, 3.05) is 11.1 Å². The van der Waals surface area contributed by atoms with Crippen LogP contribution in [-0.4, -0.2) is 11.8 Å². The summed E-state index contributed by atoms with van der Waals surface area (Å²) in [5, 5.41) is 3.49. The number of hydrogen-bond acceptors (Lipinski definition) is 3. The largest absolute Gasteiger partial charge is 0.398 e. The lowest BCUT2D eigenvalue weighted by Gasteiger charge is -2.15. The van der Waals surface area contributed by atoms with Gasteiger partial charge in [0, 0.05) is 23.0 Å². The zero-order valence-corrected chi connectivity index (χ0v) is 10.5. The topological polar surface area (TPSA) is 55.1 Å². The second-order valence-corrected chi connectivity index (χ2v) is 5.12. The Morgan fingerprint density at radius 2 is 2.18 bits per heavy atom. The molecule has 3 heteroatoms. The van der Waals surface area contributed by atoms with Crippen LogP contribution < -0.4 is 11.1 Å². The Kier molecular flexibility index (Phi) is 3.36. The van der Waals surface area contributed by atoms with Crippen LogP contribution in [0.25, 0.3) is 0 Å². The molecule has 0 spiro atoms. The van der Waals surface area contributed by atoms with E-state index in [0.717, 1.165) is 11.6 Å². The number of rotatable bonds is 3. The molecule has 1 saturated carbocycles. The fourth-order valence-electron chi connectivity index (χ4n) is 2.52. The van der Waals surface area contributed by atoms with E-state index in [2.05, 4.69) is 12.2 Å². The Morgan fingerprint density at radius 3 is 2.76 bits per heavy atom.